The lowest BCUT2D eigenvalue weighted by Gasteiger charge is -2.17. The van der Waals surface area contributed by atoms with E-state index in [9.17, 15) is 8.94 Å². The highest BCUT2D eigenvalue weighted by molar-refractivity contribution is 9.10. The van der Waals surface area contributed by atoms with Gasteiger partial charge in [-0.2, -0.15) is 0 Å². The van der Waals surface area contributed by atoms with E-state index < -0.39 is 21.9 Å². The number of pyridine rings is 1. The van der Waals surface area contributed by atoms with Crippen LogP contribution >= 0.6 is 15.9 Å². The maximum atomic E-state index is 14.0. The van der Waals surface area contributed by atoms with Crippen molar-refractivity contribution >= 4 is 39.0 Å². The standard InChI is InChI=1S/C12H13BrFN3OS/c1-12(2,3)19(18)16-6-9-11-10(14)8(13)4-5-17(11)7-15-9/h4-7H,1-3H3/b16-6+. The number of aromatic nitrogens is 2. The van der Waals surface area contributed by atoms with Gasteiger partial charge in [-0.15, -0.1) is 0 Å². The molecule has 1 unspecified atom stereocenters. The third-order valence-electron chi connectivity index (χ3n) is 2.42. The van der Waals surface area contributed by atoms with Crippen molar-refractivity contribution in [3.05, 3.63) is 34.6 Å². The molecular weight excluding hydrogens is 333 g/mol. The number of hydrogen-bond acceptors (Lipinski definition) is 3. The summed E-state index contributed by atoms with van der Waals surface area (Å²) in [5.74, 6) is -0.414. The fourth-order valence-electron chi connectivity index (χ4n) is 1.40. The van der Waals surface area contributed by atoms with Crippen LogP contribution in [0, 0.1) is 5.82 Å². The van der Waals surface area contributed by atoms with Crippen LogP contribution in [-0.2, 0) is 11.4 Å². The van der Waals surface area contributed by atoms with E-state index in [4.69, 9.17) is 0 Å². The van der Waals surface area contributed by atoms with E-state index >= 15 is 0 Å². The van der Waals surface area contributed by atoms with Crippen molar-refractivity contribution in [1.82, 2.24) is 9.38 Å². The summed E-state index contributed by atoms with van der Waals surface area (Å²) in [6.45, 7) is 5.47. The highest BCUT2D eigenvalue weighted by Crippen LogP contribution is 2.22. The first kappa shape index (κ1) is 14.5. The quantitative estimate of drug-likeness (QED) is 0.620. The molecule has 0 saturated carbocycles. The molecule has 0 radical (unpaired) electrons. The van der Waals surface area contributed by atoms with Gasteiger partial charge in [0.1, 0.15) is 39.9 Å². The maximum absolute atomic E-state index is 14.0. The van der Waals surface area contributed by atoms with Gasteiger partial charge in [0.15, 0.2) is 5.82 Å². The van der Waals surface area contributed by atoms with Gasteiger partial charge in [0.25, 0.3) is 0 Å². The van der Waals surface area contributed by atoms with Crippen LogP contribution in [0.4, 0.5) is 4.39 Å². The lowest BCUT2D eigenvalue weighted by atomic mass is 10.3. The predicted molar refractivity (Wildman–Crippen MR) is 78.3 cm³/mol. The molecule has 0 aliphatic carbocycles. The third-order valence-corrected chi connectivity index (χ3v) is 4.37. The summed E-state index contributed by atoms with van der Waals surface area (Å²) in [6, 6.07) is 1.60. The Morgan fingerprint density at radius 2 is 2.21 bits per heavy atom. The second-order valence-corrected chi connectivity index (χ2v) is 7.75. The Hall–Kier alpha value is -0.920. The van der Waals surface area contributed by atoms with Crippen LogP contribution in [0.1, 0.15) is 26.5 Å². The fraction of sp³-hybridized carbons (Fsp3) is 0.333. The Kier molecular flexibility index (Phi) is 3.98. The van der Waals surface area contributed by atoms with Crippen LogP contribution < -0.4 is 0 Å². The monoisotopic (exact) mass is 345 g/mol. The second kappa shape index (κ2) is 5.22. The zero-order chi connectivity index (χ0) is 14.2. The number of nitrogens with zero attached hydrogens (tertiary/aromatic N) is 3. The molecule has 19 heavy (non-hydrogen) atoms. The Bertz CT molecular complexity index is 636. The van der Waals surface area contributed by atoms with E-state index in [0.29, 0.717) is 15.7 Å². The molecule has 0 N–H and O–H groups in total. The summed E-state index contributed by atoms with van der Waals surface area (Å²) in [7, 11) is 0. The van der Waals surface area contributed by atoms with E-state index in [1.54, 1.807) is 16.7 Å². The molecule has 7 heteroatoms. The smallest absolute Gasteiger partial charge is 0.163 e. The van der Waals surface area contributed by atoms with Crippen LogP contribution in [0.5, 0.6) is 0 Å². The van der Waals surface area contributed by atoms with E-state index in [1.807, 2.05) is 20.8 Å². The van der Waals surface area contributed by atoms with Crippen molar-refractivity contribution in [2.45, 2.75) is 25.5 Å². The van der Waals surface area contributed by atoms with Crippen molar-refractivity contribution in [3.63, 3.8) is 0 Å². The fourth-order valence-corrected chi connectivity index (χ4v) is 2.21. The minimum Gasteiger partial charge on any atom is -0.591 e. The average Bonchev–Trinajstić information content (AvgIpc) is 2.73. The minimum absolute atomic E-state index is 0.309. The Balaban J connectivity index is 2.42. The van der Waals surface area contributed by atoms with Crippen LogP contribution in [0.15, 0.2) is 27.5 Å². The minimum atomic E-state index is -1.39. The molecule has 0 amide bonds. The molecule has 0 saturated heterocycles. The van der Waals surface area contributed by atoms with Gasteiger partial charge in [-0.3, -0.25) is 0 Å². The van der Waals surface area contributed by atoms with Gasteiger partial charge in [-0.1, -0.05) is 4.40 Å². The Labute approximate surface area is 122 Å². The molecular formula is C12H13BrFN3OS. The van der Waals surface area contributed by atoms with Crippen molar-refractivity contribution in [2.24, 2.45) is 4.40 Å². The Morgan fingerprint density at radius 3 is 2.84 bits per heavy atom. The first-order chi connectivity index (χ1) is 8.80. The first-order valence-electron chi connectivity index (χ1n) is 5.57. The number of hydrogen-bond donors (Lipinski definition) is 0. The largest absolute Gasteiger partial charge is 0.591 e. The number of halogens is 2. The first-order valence-corrected chi connectivity index (χ1v) is 7.47. The molecule has 0 bridgehead atoms. The summed E-state index contributed by atoms with van der Waals surface area (Å²) in [4.78, 5) is 4.07. The summed E-state index contributed by atoms with van der Waals surface area (Å²) < 4.78 is 31.2. The molecule has 4 nitrogen and oxygen atoms in total. The summed E-state index contributed by atoms with van der Waals surface area (Å²) >= 11 is 1.74. The van der Waals surface area contributed by atoms with Gasteiger partial charge in [-0.25, -0.2) is 9.37 Å². The molecule has 0 aliphatic rings. The van der Waals surface area contributed by atoms with Crippen LogP contribution in [0.2, 0.25) is 0 Å². The van der Waals surface area contributed by atoms with Crippen molar-refractivity contribution in [3.8, 4) is 0 Å². The van der Waals surface area contributed by atoms with Crippen LogP contribution in [0.3, 0.4) is 0 Å². The van der Waals surface area contributed by atoms with Crippen LogP contribution in [0.25, 0.3) is 5.52 Å². The number of fused-ring (bicyclic) bond motifs is 1. The predicted octanol–water partition coefficient (Wildman–Crippen LogP) is 3.12. The molecule has 1 atom stereocenters. The molecule has 2 heterocycles. The summed E-state index contributed by atoms with van der Waals surface area (Å²) in [6.07, 6.45) is 4.53. The topological polar surface area (TPSA) is 52.7 Å². The molecule has 2 aromatic heterocycles. The maximum Gasteiger partial charge on any atom is 0.163 e. The molecule has 0 aromatic carbocycles. The van der Waals surface area contributed by atoms with Gasteiger partial charge in [0.2, 0.25) is 0 Å². The third kappa shape index (κ3) is 2.98. The highest BCUT2D eigenvalue weighted by Gasteiger charge is 2.26. The van der Waals surface area contributed by atoms with E-state index in [0.717, 1.165) is 0 Å². The van der Waals surface area contributed by atoms with Gasteiger partial charge in [-0.05, 0) is 42.8 Å². The second-order valence-electron chi connectivity index (χ2n) is 4.96. The molecule has 102 valence electrons. The Morgan fingerprint density at radius 1 is 1.53 bits per heavy atom. The molecule has 0 aliphatic heterocycles. The molecule has 0 fully saturated rings. The number of rotatable bonds is 2. The van der Waals surface area contributed by atoms with Crippen LogP contribution in [-0.4, -0.2) is 24.9 Å². The van der Waals surface area contributed by atoms with Crippen molar-refractivity contribution < 1.29 is 8.94 Å². The SMILES string of the molecule is CC(C)(C)[S+]([O-])/N=C/c1ncn2ccc(Br)c(F)c12. The van der Waals surface area contributed by atoms with Gasteiger partial charge in [0, 0.05) is 6.20 Å². The van der Waals surface area contributed by atoms with Crippen molar-refractivity contribution in [2.75, 3.05) is 0 Å². The van der Waals surface area contributed by atoms with Gasteiger partial charge >= 0.3 is 0 Å². The molecule has 2 rings (SSSR count). The summed E-state index contributed by atoms with van der Waals surface area (Å²) in [5, 5.41) is 0. The van der Waals surface area contributed by atoms with E-state index in [-0.39, 0.29) is 0 Å². The average molecular weight is 346 g/mol. The molecule has 2 aromatic rings. The van der Waals surface area contributed by atoms with Gasteiger partial charge in [0.05, 0.1) is 4.47 Å². The lowest BCUT2D eigenvalue weighted by Crippen LogP contribution is -2.25. The highest BCUT2D eigenvalue weighted by atomic mass is 79.9. The zero-order valence-electron chi connectivity index (χ0n) is 10.7. The van der Waals surface area contributed by atoms with Gasteiger partial charge < -0.3 is 8.95 Å². The lowest BCUT2D eigenvalue weighted by molar-refractivity contribution is 0.562. The normalized spacial score (nSPS) is 14.4. The zero-order valence-corrected chi connectivity index (χ0v) is 13.1. The van der Waals surface area contributed by atoms with E-state index in [1.165, 1.54) is 12.5 Å². The van der Waals surface area contributed by atoms with E-state index in [2.05, 4.69) is 25.3 Å². The summed E-state index contributed by atoms with van der Waals surface area (Å²) in [5.41, 5.74) is 0.667. The molecule has 0 spiro atoms. The number of imidazole rings is 1. The van der Waals surface area contributed by atoms with Crippen molar-refractivity contribution in [1.29, 1.82) is 0 Å².